The molecule has 0 aliphatic heterocycles. The van der Waals surface area contributed by atoms with Gasteiger partial charge < -0.3 is 15.1 Å². The number of nitrogens with zero attached hydrogens (tertiary/aromatic N) is 4. The Balaban J connectivity index is 0.000000148. The van der Waals surface area contributed by atoms with Crippen LogP contribution in [-0.2, 0) is 19.3 Å². The van der Waals surface area contributed by atoms with Crippen LogP contribution in [-0.4, -0.2) is 19.9 Å². The molecule has 0 saturated carbocycles. The number of aromatic nitrogens is 4. The summed E-state index contributed by atoms with van der Waals surface area (Å²) in [6, 6.07) is 42.4. The van der Waals surface area contributed by atoms with Gasteiger partial charge in [-0.3, -0.25) is 4.98 Å². The molecule has 0 spiro atoms. The predicted molar refractivity (Wildman–Crippen MR) is 234 cm³/mol. The molecule has 4 aromatic carbocycles. The minimum Gasteiger partial charge on any atom is -0.441 e. The van der Waals surface area contributed by atoms with Gasteiger partial charge in [-0.1, -0.05) is 79.7 Å². The number of hydrogen-bond donors (Lipinski definition) is 2. The Morgan fingerprint density at radius 2 is 1.09 bits per heavy atom. The van der Waals surface area contributed by atoms with Crippen LogP contribution in [0.3, 0.4) is 0 Å². The minimum atomic E-state index is 0.410. The molecule has 0 fully saturated rings. The van der Waals surface area contributed by atoms with Gasteiger partial charge in [-0.05, 0) is 109 Å². The fourth-order valence-corrected chi connectivity index (χ4v) is 10.00. The number of oxazole rings is 1. The van der Waals surface area contributed by atoms with Gasteiger partial charge in [0.15, 0.2) is 21.9 Å². The predicted octanol–water partition coefficient (Wildman–Crippen LogP) is 13.0. The van der Waals surface area contributed by atoms with E-state index in [-0.39, 0.29) is 0 Å². The maximum Gasteiger partial charge on any atom is 0.194 e. The third-order valence-electron chi connectivity index (χ3n) is 10.7. The zero-order valence-corrected chi connectivity index (χ0v) is 33.5. The highest BCUT2D eigenvalue weighted by Gasteiger charge is 2.27. The highest BCUT2D eigenvalue weighted by molar-refractivity contribution is 7.16. The van der Waals surface area contributed by atoms with E-state index >= 15 is 0 Å². The van der Waals surface area contributed by atoms with Gasteiger partial charge in [0.25, 0.3) is 0 Å². The number of fused-ring (bicyclic) bond motifs is 2. The molecule has 284 valence electrons. The fraction of sp³-hybridized carbons (Fsp3) is 0.208. The standard InChI is InChI=1S/C24H23N3OS.C24H21N3S/c1-2-22-25-15-20(28-22)17-11-13-18(14-12-17)26-24-27-23-19(9-6-10-21(23)29-24)16-7-4-3-5-8-16;1-2-5-19(6-3-1)21-7-4-8-22-23(21)27-24(28-22)26-20-11-9-17(10-12-20)18-13-15-25-16-14-18/h3-5,7-8,11-15,19H,2,6,9-10H2,1H3,(H,26,27);1-3,5-6,9-16,21H,4,7-8H2,(H,26,27). The molecule has 8 aromatic rings. The number of pyridine rings is 1. The van der Waals surface area contributed by atoms with E-state index in [0.29, 0.717) is 11.8 Å². The van der Waals surface area contributed by atoms with Crippen molar-refractivity contribution in [3.8, 4) is 22.5 Å². The monoisotopic (exact) mass is 784 g/mol. The summed E-state index contributed by atoms with van der Waals surface area (Å²) >= 11 is 3.58. The molecule has 10 rings (SSSR count). The second-order valence-corrected chi connectivity index (χ2v) is 16.6. The Morgan fingerprint density at radius 1 is 0.596 bits per heavy atom. The molecule has 2 atom stereocenters. The van der Waals surface area contributed by atoms with Gasteiger partial charge in [0.1, 0.15) is 0 Å². The summed E-state index contributed by atoms with van der Waals surface area (Å²) in [6.07, 6.45) is 13.3. The van der Waals surface area contributed by atoms with Crippen molar-refractivity contribution in [2.45, 2.75) is 63.7 Å². The molecular weight excluding hydrogens is 741 g/mol. The first-order valence-electron chi connectivity index (χ1n) is 19.9. The van der Waals surface area contributed by atoms with Gasteiger partial charge in [0, 0.05) is 57.3 Å². The van der Waals surface area contributed by atoms with Crippen LogP contribution in [0, 0.1) is 0 Å². The maximum atomic E-state index is 5.74. The third kappa shape index (κ3) is 8.45. The van der Waals surface area contributed by atoms with Gasteiger partial charge in [-0.25, -0.2) is 15.0 Å². The van der Waals surface area contributed by atoms with Crippen LogP contribution in [0.15, 0.2) is 144 Å². The molecule has 0 radical (unpaired) electrons. The number of benzene rings is 4. The van der Waals surface area contributed by atoms with E-state index in [1.54, 1.807) is 28.9 Å². The Bertz CT molecular complexity index is 2510. The van der Waals surface area contributed by atoms with Crippen LogP contribution in [0.5, 0.6) is 0 Å². The minimum absolute atomic E-state index is 0.410. The van der Waals surface area contributed by atoms with Crippen molar-refractivity contribution in [3.63, 3.8) is 0 Å². The van der Waals surface area contributed by atoms with E-state index in [1.165, 1.54) is 69.1 Å². The maximum absolute atomic E-state index is 5.74. The first-order chi connectivity index (χ1) is 28.2. The third-order valence-corrected chi connectivity index (χ3v) is 12.8. The SMILES string of the molecule is CCc1ncc(-c2ccc(Nc3nc4c(s3)CCCC4c3ccccc3)cc2)o1.c1ccc(C2CCCc3sc(Nc4ccc(-c5ccncc5)cc4)nc32)cc1. The smallest absolute Gasteiger partial charge is 0.194 e. The topological polar surface area (TPSA) is 88.8 Å². The molecule has 4 aromatic heterocycles. The van der Waals surface area contributed by atoms with E-state index < -0.39 is 0 Å². The van der Waals surface area contributed by atoms with Crippen LogP contribution in [0.2, 0.25) is 0 Å². The van der Waals surface area contributed by atoms with Gasteiger partial charge in [0.2, 0.25) is 0 Å². The summed E-state index contributed by atoms with van der Waals surface area (Å²) < 4.78 is 5.74. The zero-order chi connectivity index (χ0) is 38.4. The molecular formula is C48H44N6OS2. The second-order valence-electron chi connectivity index (χ2n) is 14.5. The summed E-state index contributed by atoms with van der Waals surface area (Å²) in [5.41, 5.74) is 10.8. The summed E-state index contributed by atoms with van der Waals surface area (Å²) in [4.78, 5) is 21.2. The number of thiazole rings is 2. The Kier molecular flexibility index (Phi) is 11.0. The lowest BCUT2D eigenvalue weighted by atomic mass is 9.85. The van der Waals surface area contributed by atoms with Crippen molar-refractivity contribution in [1.82, 2.24) is 19.9 Å². The van der Waals surface area contributed by atoms with Gasteiger partial charge >= 0.3 is 0 Å². The lowest BCUT2D eigenvalue weighted by Crippen LogP contribution is -2.09. The Hall–Kier alpha value is -5.90. The van der Waals surface area contributed by atoms with Crippen molar-refractivity contribution >= 4 is 44.3 Å². The van der Waals surface area contributed by atoms with Crippen molar-refractivity contribution in [2.24, 2.45) is 0 Å². The molecule has 2 aliphatic carbocycles. The number of anilines is 4. The lowest BCUT2D eigenvalue weighted by Gasteiger charge is -2.21. The van der Waals surface area contributed by atoms with E-state index in [4.69, 9.17) is 14.4 Å². The highest BCUT2D eigenvalue weighted by atomic mass is 32.1. The van der Waals surface area contributed by atoms with Crippen LogP contribution in [0.1, 0.15) is 82.6 Å². The zero-order valence-electron chi connectivity index (χ0n) is 31.9. The molecule has 2 unspecified atom stereocenters. The van der Waals surface area contributed by atoms with E-state index in [0.717, 1.165) is 58.1 Å². The molecule has 57 heavy (non-hydrogen) atoms. The second kappa shape index (κ2) is 17.1. The molecule has 4 heterocycles. The summed E-state index contributed by atoms with van der Waals surface area (Å²) in [5.74, 6) is 2.41. The quantitative estimate of drug-likeness (QED) is 0.151. The molecule has 2 N–H and O–H groups in total. The van der Waals surface area contributed by atoms with Crippen molar-refractivity contribution in [1.29, 1.82) is 0 Å². The van der Waals surface area contributed by atoms with E-state index in [1.807, 2.05) is 31.5 Å². The Labute approximate surface area is 342 Å². The number of hydrogen-bond acceptors (Lipinski definition) is 9. The number of nitrogens with one attached hydrogen (secondary N) is 2. The molecule has 9 heteroatoms. The van der Waals surface area contributed by atoms with Gasteiger partial charge in [0.05, 0.1) is 17.6 Å². The van der Waals surface area contributed by atoms with Crippen molar-refractivity contribution < 1.29 is 4.42 Å². The molecule has 0 saturated heterocycles. The molecule has 0 bridgehead atoms. The van der Waals surface area contributed by atoms with Crippen molar-refractivity contribution in [3.05, 3.63) is 178 Å². The number of aryl methyl sites for hydroxylation is 3. The summed E-state index contributed by atoms with van der Waals surface area (Å²) in [7, 11) is 0. The summed E-state index contributed by atoms with van der Waals surface area (Å²) in [5, 5.41) is 8.96. The molecule has 7 nitrogen and oxygen atoms in total. The number of rotatable bonds is 9. The first-order valence-corrected chi connectivity index (χ1v) is 21.5. The first kappa shape index (κ1) is 36.7. The van der Waals surface area contributed by atoms with Crippen LogP contribution in [0.4, 0.5) is 21.6 Å². The van der Waals surface area contributed by atoms with Crippen molar-refractivity contribution in [2.75, 3.05) is 10.6 Å². The average Bonchev–Trinajstić information content (AvgIpc) is 4.04. The van der Waals surface area contributed by atoms with Gasteiger partial charge in [-0.15, -0.1) is 22.7 Å². The Morgan fingerprint density at radius 3 is 1.58 bits per heavy atom. The van der Waals surface area contributed by atoms with E-state index in [2.05, 4.69) is 130 Å². The van der Waals surface area contributed by atoms with Crippen LogP contribution >= 0.6 is 22.7 Å². The average molecular weight is 785 g/mol. The summed E-state index contributed by atoms with van der Waals surface area (Å²) in [6.45, 7) is 2.04. The van der Waals surface area contributed by atoms with Crippen LogP contribution in [0.25, 0.3) is 22.5 Å². The fourth-order valence-electron chi connectivity index (χ4n) is 7.83. The van der Waals surface area contributed by atoms with Crippen LogP contribution < -0.4 is 10.6 Å². The van der Waals surface area contributed by atoms with Gasteiger partial charge in [-0.2, -0.15) is 0 Å². The lowest BCUT2D eigenvalue weighted by molar-refractivity contribution is 0.514. The highest BCUT2D eigenvalue weighted by Crippen LogP contribution is 2.42. The molecule has 2 aliphatic rings. The normalized spacial score (nSPS) is 15.8. The largest absolute Gasteiger partial charge is 0.441 e. The molecule has 0 amide bonds. The van der Waals surface area contributed by atoms with E-state index in [9.17, 15) is 0 Å².